The number of aliphatic imine (C=N–C) groups is 1. The van der Waals surface area contributed by atoms with Crippen molar-refractivity contribution < 1.29 is 31.5 Å². The van der Waals surface area contributed by atoms with Crippen LogP contribution in [0, 0.1) is 5.82 Å². The van der Waals surface area contributed by atoms with Crippen LogP contribution in [-0.4, -0.2) is 30.9 Å². The fourth-order valence-corrected chi connectivity index (χ4v) is 2.25. The number of amidine groups is 1. The number of benzene rings is 1. The van der Waals surface area contributed by atoms with E-state index >= 15 is 0 Å². The summed E-state index contributed by atoms with van der Waals surface area (Å²) in [5, 5.41) is 1.77. The van der Waals surface area contributed by atoms with Crippen LogP contribution in [0.2, 0.25) is 0 Å². The van der Waals surface area contributed by atoms with E-state index < -0.39 is 29.6 Å². The first-order valence-electron chi connectivity index (χ1n) is 6.83. The smallest absolute Gasteiger partial charge is 0.428 e. The number of carbonyl (C=O) groups excluding carboxylic acids is 1. The lowest BCUT2D eigenvalue weighted by Crippen LogP contribution is -2.37. The molecule has 2 unspecified atom stereocenters. The molecule has 132 valence electrons. The van der Waals surface area contributed by atoms with E-state index in [0.717, 1.165) is 18.2 Å². The Hall–Kier alpha value is -2.39. The molecule has 1 aromatic rings. The largest absolute Gasteiger partial charge is 0.465 e. The summed E-state index contributed by atoms with van der Waals surface area (Å²) in [6.07, 6.45) is -8.74. The maximum Gasteiger partial charge on any atom is 0.428 e. The fraction of sp³-hybridized carbons (Fsp3) is 0.429. The molecule has 3 N–H and O–H groups in total. The van der Waals surface area contributed by atoms with E-state index in [2.05, 4.69) is 4.99 Å². The predicted molar refractivity (Wildman–Crippen MR) is 75.5 cm³/mol. The van der Waals surface area contributed by atoms with Gasteiger partial charge in [-0.05, 0) is 25.1 Å². The Morgan fingerprint density at radius 3 is 2.71 bits per heavy atom. The monoisotopic (exact) mass is 351 g/mol. The number of nitrogens with one attached hydrogen (secondary N) is 1. The Balaban J connectivity index is 2.30. The molecule has 0 radical (unpaired) electrons. The van der Waals surface area contributed by atoms with Crippen molar-refractivity contribution in [3.05, 3.63) is 29.6 Å². The maximum atomic E-state index is 14.1. The molecule has 0 aliphatic carbocycles. The van der Waals surface area contributed by atoms with Gasteiger partial charge in [0.05, 0.1) is 12.1 Å². The number of nitrogens with two attached hydrogens (primary N) is 1. The van der Waals surface area contributed by atoms with Crippen LogP contribution in [0.4, 0.5) is 27.6 Å². The predicted octanol–water partition coefficient (Wildman–Crippen LogP) is 2.61. The molecule has 5 nitrogen and oxygen atoms in total. The normalized spacial score (nSPS) is 22.3. The van der Waals surface area contributed by atoms with Crippen molar-refractivity contribution in [1.82, 2.24) is 0 Å². The zero-order chi connectivity index (χ0) is 18.1. The first-order chi connectivity index (χ1) is 11.0. The molecule has 0 aromatic heterocycles. The van der Waals surface area contributed by atoms with Crippen molar-refractivity contribution in [2.75, 3.05) is 11.9 Å². The van der Waals surface area contributed by atoms with Gasteiger partial charge in [-0.25, -0.2) is 13.8 Å². The second-order valence-corrected chi connectivity index (χ2v) is 5.41. The summed E-state index contributed by atoms with van der Waals surface area (Å²) in [6.45, 7) is 1.72. The van der Waals surface area contributed by atoms with Gasteiger partial charge in [-0.2, -0.15) is 13.2 Å². The van der Waals surface area contributed by atoms with Crippen LogP contribution in [0.25, 0.3) is 0 Å². The number of nitrogens with zero attached hydrogens (tertiary/aromatic N) is 1. The Morgan fingerprint density at radius 2 is 2.12 bits per heavy atom. The molecule has 0 spiro atoms. The number of carbonyl (C=O) groups is 1. The van der Waals surface area contributed by atoms with Gasteiger partial charge in [0.2, 0.25) is 0 Å². The summed E-state index contributed by atoms with van der Waals surface area (Å²) in [5.74, 6) is -2.58. The molecule has 1 aliphatic rings. The van der Waals surface area contributed by atoms with Gasteiger partial charge in [-0.3, -0.25) is 4.79 Å². The topological polar surface area (TPSA) is 76.7 Å². The zero-order valence-corrected chi connectivity index (χ0v) is 12.5. The number of hydrogen-bond donors (Lipinski definition) is 2. The molecule has 1 amide bonds. The van der Waals surface area contributed by atoms with Crippen molar-refractivity contribution in [2.24, 2.45) is 10.7 Å². The third-order valence-electron chi connectivity index (χ3n) is 3.53. The minimum atomic E-state index is -5.32. The van der Waals surface area contributed by atoms with E-state index in [4.69, 9.17) is 10.5 Å². The zero-order valence-electron chi connectivity index (χ0n) is 12.5. The molecular weight excluding hydrogens is 337 g/mol. The van der Waals surface area contributed by atoms with Crippen molar-refractivity contribution in [1.29, 1.82) is 0 Å². The summed E-state index contributed by atoms with van der Waals surface area (Å²) in [5.41, 5.74) is 4.15. The van der Waals surface area contributed by atoms with Crippen LogP contribution < -0.4 is 11.1 Å². The molecular formula is C14H14F5N3O2. The van der Waals surface area contributed by atoms with Crippen molar-refractivity contribution >= 4 is 17.6 Å². The number of halogens is 5. The lowest BCUT2D eigenvalue weighted by molar-refractivity contribution is -0.183. The summed E-state index contributed by atoms with van der Waals surface area (Å²) < 4.78 is 68.6. The second-order valence-electron chi connectivity index (χ2n) is 5.41. The van der Waals surface area contributed by atoms with Gasteiger partial charge < -0.3 is 15.8 Å². The van der Waals surface area contributed by atoms with Gasteiger partial charge in [-0.15, -0.1) is 0 Å². The van der Waals surface area contributed by atoms with Crippen LogP contribution in [0.3, 0.4) is 0 Å². The number of hydrogen-bond acceptors (Lipinski definition) is 4. The summed E-state index contributed by atoms with van der Waals surface area (Å²) in [4.78, 5) is 15.3. The molecule has 0 bridgehead atoms. The molecule has 1 heterocycles. The first-order valence-corrected chi connectivity index (χ1v) is 6.83. The van der Waals surface area contributed by atoms with Crippen LogP contribution in [0.5, 0.6) is 0 Å². The summed E-state index contributed by atoms with van der Waals surface area (Å²) in [7, 11) is 0. The first kappa shape index (κ1) is 18.0. The Kier molecular flexibility index (Phi) is 4.68. The highest BCUT2D eigenvalue weighted by atomic mass is 19.4. The minimum Gasteiger partial charge on any atom is -0.465 e. The van der Waals surface area contributed by atoms with E-state index in [9.17, 15) is 26.7 Å². The summed E-state index contributed by atoms with van der Waals surface area (Å²) >= 11 is 0. The van der Waals surface area contributed by atoms with Crippen LogP contribution in [0.15, 0.2) is 23.2 Å². The highest BCUT2D eigenvalue weighted by Gasteiger charge is 2.45. The SMILES string of the molecule is CC1(c2cc(NC(=O)C(F)C(F)(F)F)ccc2F)CCOC(N)=N1. The number of alkyl halides is 4. The van der Waals surface area contributed by atoms with Gasteiger partial charge in [0.25, 0.3) is 18.1 Å². The fourth-order valence-electron chi connectivity index (χ4n) is 2.25. The van der Waals surface area contributed by atoms with Crippen LogP contribution >= 0.6 is 0 Å². The summed E-state index contributed by atoms with van der Waals surface area (Å²) in [6, 6.07) is 2.91. The molecule has 10 heteroatoms. The number of rotatable bonds is 3. The van der Waals surface area contributed by atoms with Gasteiger partial charge in [0, 0.05) is 17.7 Å². The lowest BCUT2D eigenvalue weighted by Gasteiger charge is -2.30. The third kappa shape index (κ3) is 3.74. The third-order valence-corrected chi connectivity index (χ3v) is 3.53. The molecule has 0 saturated carbocycles. The van der Waals surface area contributed by atoms with Crippen LogP contribution in [0.1, 0.15) is 18.9 Å². The van der Waals surface area contributed by atoms with Gasteiger partial charge >= 0.3 is 6.18 Å². The van der Waals surface area contributed by atoms with E-state index in [1.807, 2.05) is 0 Å². The second kappa shape index (κ2) is 6.25. The molecule has 1 aliphatic heterocycles. The number of anilines is 1. The average Bonchev–Trinajstić information content (AvgIpc) is 2.47. The standard InChI is InChI=1S/C14H14F5N3O2/c1-13(4-5-24-12(20)22-13)8-6-7(2-3-9(8)15)21-11(23)10(16)14(17,18)19/h2-3,6,10H,4-5H2,1H3,(H2,20,22)(H,21,23). The Morgan fingerprint density at radius 1 is 1.46 bits per heavy atom. The van der Waals surface area contributed by atoms with E-state index in [1.165, 1.54) is 0 Å². The van der Waals surface area contributed by atoms with E-state index in [0.29, 0.717) is 0 Å². The van der Waals surface area contributed by atoms with Gasteiger partial charge in [-0.1, -0.05) is 0 Å². The number of amides is 1. The van der Waals surface area contributed by atoms with Gasteiger partial charge in [0.15, 0.2) is 0 Å². The van der Waals surface area contributed by atoms with E-state index in [-0.39, 0.29) is 30.3 Å². The van der Waals surface area contributed by atoms with Crippen LogP contribution in [-0.2, 0) is 15.1 Å². The molecule has 24 heavy (non-hydrogen) atoms. The Bertz CT molecular complexity index is 677. The molecule has 0 fully saturated rings. The Labute approximate surface area is 133 Å². The van der Waals surface area contributed by atoms with E-state index in [1.54, 1.807) is 12.2 Å². The van der Waals surface area contributed by atoms with Crippen molar-refractivity contribution in [2.45, 2.75) is 31.2 Å². The highest BCUT2D eigenvalue weighted by molar-refractivity contribution is 5.94. The minimum absolute atomic E-state index is 0.00559. The number of ether oxygens (including phenoxy) is 1. The van der Waals surface area contributed by atoms with Crippen molar-refractivity contribution in [3.63, 3.8) is 0 Å². The molecule has 0 saturated heterocycles. The lowest BCUT2D eigenvalue weighted by atomic mass is 9.88. The molecule has 1 aromatic carbocycles. The van der Waals surface area contributed by atoms with Gasteiger partial charge in [0.1, 0.15) is 5.82 Å². The quantitative estimate of drug-likeness (QED) is 0.822. The van der Waals surface area contributed by atoms with Crippen molar-refractivity contribution in [3.8, 4) is 0 Å². The molecule has 2 rings (SSSR count). The highest BCUT2D eigenvalue weighted by Crippen LogP contribution is 2.35. The maximum absolute atomic E-state index is 14.1. The average molecular weight is 351 g/mol. The molecule has 2 atom stereocenters.